The van der Waals surface area contributed by atoms with E-state index in [0.717, 1.165) is 11.0 Å². The van der Waals surface area contributed by atoms with Crippen LogP contribution in [0.25, 0.3) is 0 Å². The van der Waals surface area contributed by atoms with Crippen molar-refractivity contribution >= 4 is 108 Å². The number of aromatic nitrogens is 4. The lowest BCUT2D eigenvalue weighted by Crippen LogP contribution is -2.51. The molecule has 3 unspecified atom stereocenters. The van der Waals surface area contributed by atoms with Gasteiger partial charge in [0.2, 0.25) is 17.2 Å². The molecule has 0 saturated heterocycles. The lowest BCUT2D eigenvalue weighted by molar-refractivity contribution is -0.191. The number of ketones is 1. The molecule has 8 aromatic carbocycles. The first-order chi connectivity index (χ1) is 64.9. The molecule has 19 rings (SSSR count). The number of amides is 4. The lowest BCUT2D eigenvalue weighted by Gasteiger charge is -2.45. The summed E-state index contributed by atoms with van der Waals surface area (Å²) in [5.74, 6) is -5.13. The minimum Gasteiger partial charge on any atom is -0.393 e. The van der Waals surface area contributed by atoms with Gasteiger partial charge in [-0.15, -0.1) is 0 Å². The molecule has 35 heteroatoms. The van der Waals surface area contributed by atoms with E-state index in [2.05, 4.69) is 51.8 Å². The molecule has 0 bridgehead atoms. The zero-order valence-corrected chi connectivity index (χ0v) is 78.2. The van der Waals surface area contributed by atoms with Crippen molar-refractivity contribution in [2.45, 2.75) is 151 Å². The van der Waals surface area contributed by atoms with Gasteiger partial charge in [0, 0.05) is 81.6 Å². The van der Waals surface area contributed by atoms with Gasteiger partial charge in [-0.3, -0.25) is 63.5 Å². The summed E-state index contributed by atoms with van der Waals surface area (Å²) in [6.07, 6.45) is 4.82. The van der Waals surface area contributed by atoms with Crippen LogP contribution in [0.3, 0.4) is 0 Å². The maximum Gasteiger partial charge on any atom is 0.257 e. The number of pyridine rings is 4. The SMILES string of the molecule is CC(=O)c1cc(F)c2c(c1)C(=O)N(Cc1ccc(C#N)cn1)C2(OC1CC(O)C1)c1ccc(Cl)cc1.CC(C)(O)c1cc(F)c2c(c1)C(=O)N(Cc1ccc(C#N)cn1)[C@@]2(OC1CC(O)C1)c1ccc(Cl)cc1.N#Cc1ccc(CN2C(=O)c3cc(Br)cc(F)c3C2(O)c2ccc(Cl)cc2)nc1.N#Cc1ccc(CN2C(=O)c3cc(Br)cc(F)c3C2(OC2CC(O)C2)c2ccc(Cl)cc2)nc1. The monoisotopic (exact) mass is 2040 g/mol. The Hall–Kier alpha value is -12.6. The van der Waals surface area contributed by atoms with Gasteiger partial charge in [0.15, 0.2) is 11.5 Å². The third-order valence-electron chi connectivity index (χ3n) is 24.5. The van der Waals surface area contributed by atoms with E-state index in [4.69, 9.17) is 81.7 Å². The number of carbonyl (C=O) groups excluding carboxylic acids is 5. The molecule has 4 aromatic heterocycles. The summed E-state index contributed by atoms with van der Waals surface area (Å²) in [6.45, 7) is 4.15. The number of rotatable bonds is 20. The average molecular weight is 2040 g/mol. The van der Waals surface area contributed by atoms with Gasteiger partial charge in [0.1, 0.15) is 47.5 Å². The Labute approximate surface area is 812 Å². The third kappa shape index (κ3) is 18.5. The Bertz CT molecular complexity index is 6910. The zero-order chi connectivity index (χ0) is 96.9. The summed E-state index contributed by atoms with van der Waals surface area (Å²) in [5.41, 5.74) is -2.63. The highest BCUT2D eigenvalue weighted by Crippen LogP contribution is 2.56. The second kappa shape index (κ2) is 38.9. The lowest BCUT2D eigenvalue weighted by atomic mass is 9.87. The van der Waals surface area contributed by atoms with E-state index in [1.807, 2.05) is 24.3 Å². The Kier molecular flexibility index (Phi) is 27.6. The van der Waals surface area contributed by atoms with Gasteiger partial charge in [-0.1, -0.05) is 127 Å². The molecular formula is C101H76Br2Cl4F4N12O13. The molecular weight excluding hydrogens is 1970 g/mol. The highest BCUT2D eigenvalue weighted by molar-refractivity contribution is 9.10. The zero-order valence-electron chi connectivity index (χ0n) is 72.0. The maximum atomic E-state index is 16.1. The Morgan fingerprint density at radius 2 is 0.684 bits per heavy atom. The second-order valence-electron chi connectivity index (χ2n) is 33.9. The number of hydrogen-bond donors (Lipinski definition) is 5. The number of nitrogens with zero attached hydrogens (tertiary/aromatic N) is 12. The summed E-state index contributed by atoms with van der Waals surface area (Å²) in [5, 5.41) is 90.1. The molecule has 0 radical (unpaired) electrons. The molecule has 25 nitrogen and oxygen atoms in total. The van der Waals surface area contributed by atoms with Crippen LogP contribution in [0.5, 0.6) is 0 Å². The molecule has 3 saturated carbocycles. The van der Waals surface area contributed by atoms with Crippen molar-refractivity contribution < 1.29 is 81.3 Å². The minimum absolute atomic E-state index is 0.00476. The van der Waals surface area contributed by atoms with Crippen molar-refractivity contribution in [1.29, 1.82) is 21.0 Å². The number of halogens is 10. The van der Waals surface area contributed by atoms with Gasteiger partial charge in [0.25, 0.3) is 23.6 Å². The fourth-order valence-corrected chi connectivity index (χ4v) is 18.9. The van der Waals surface area contributed by atoms with Crippen molar-refractivity contribution in [3.05, 3.63) is 394 Å². The van der Waals surface area contributed by atoms with Crippen LogP contribution in [0.4, 0.5) is 17.6 Å². The molecule has 4 atom stereocenters. The fraction of sp³-hybridized carbons (Fsp3) is 0.238. The predicted octanol–water partition coefficient (Wildman–Crippen LogP) is 18.0. The van der Waals surface area contributed by atoms with Crippen molar-refractivity contribution in [1.82, 2.24) is 39.5 Å². The first-order valence-electron chi connectivity index (χ1n) is 42.3. The standard InChI is InChI=1S/C28H25ClFN3O4.C27H21ClFN3O4.C25H18BrClFN3O3.C21H12BrClFN3O2/c1-27(2,36)18-9-23-25(24(30)10-18)28(37-22-11-21(34)12-22,17-4-6-19(29)7-5-17)33(26(23)35)15-20-8-3-16(13-31)14-32-20;1-15(33)17-8-23-25(24(29)9-17)27(36-22-10-21(34)11-22,18-3-5-19(28)6-4-18)32(26(23)35)14-20-7-2-16(12-30)13-31-20;26-16-7-21-23(22(28)8-16)25(34-20-9-19(32)10-20,15-2-4-17(27)5-3-15)31(24(21)33)13-18-6-1-14(11-29)12-30-18;22-14-7-17-19(18(24)8-14)21(29,13-2-4-15(23)5-3-13)27(20(17)28)11-16-6-1-12(9-25)10-26-16/h3-10,14,21-22,34,36H,11-12,15H2,1-2H3;2-9,13,21-22,34H,10-11,14H2,1H3;1-8,12,19-20,32H,9-10,13H2;1-8,10,29H,11H2/t21?,22?,28-;;;/m1.../s1. The summed E-state index contributed by atoms with van der Waals surface area (Å²) in [6, 6.07) is 57.8. The van der Waals surface area contributed by atoms with E-state index in [9.17, 15) is 53.9 Å². The van der Waals surface area contributed by atoms with Gasteiger partial charge in [-0.2, -0.15) is 21.0 Å². The van der Waals surface area contributed by atoms with E-state index in [0.29, 0.717) is 135 Å². The number of benzene rings is 8. The summed E-state index contributed by atoms with van der Waals surface area (Å²) >= 11 is 30.9. The second-order valence-corrected chi connectivity index (χ2v) is 37.5. The quantitative estimate of drug-likeness (QED) is 0.0349. The molecule has 4 amide bonds. The van der Waals surface area contributed by atoms with Gasteiger partial charge in [-0.25, -0.2) is 17.6 Å². The maximum absolute atomic E-state index is 16.1. The summed E-state index contributed by atoms with van der Waals surface area (Å²) in [7, 11) is 0. The van der Waals surface area contributed by atoms with Crippen LogP contribution in [-0.4, -0.2) is 131 Å². The number of aliphatic hydroxyl groups excluding tert-OH is 3. The molecule has 7 aliphatic rings. The Balaban J connectivity index is 0.000000132. The minimum atomic E-state index is -2.04. The van der Waals surface area contributed by atoms with Crippen molar-refractivity contribution in [2.75, 3.05) is 0 Å². The van der Waals surface area contributed by atoms with Gasteiger partial charge in [0.05, 0.1) is 158 Å². The fourth-order valence-electron chi connectivity index (χ4n) is 17.5. The first kappa shape index (κ1) is 96.5. The first-order valence-corrected chi connectivity index (χ1v) is 45.4. The van der Waals surface area contributed by atoms with E-state index in [1.165, 1.54) is 96.7 Å². The number of ether oxygens (including phenoxy) is 3. The van der Waals surface area contributed by atoms with Crippen LogP contribution in [0.1, 0.15) is 206 Å². The Morgan fingerprint density at radius 3 is 0.978 bits per heavy atom. The number of Topliss-reactive ketones (excluding diaryl/α,β-unsaturated/α-hetero) is 1. The van der Waals surface area contributed by atoms with Crippen LogP contribution in [0.15, 0.2) is 228 Å². The van der Waals surface area contributed by atoms with Crippen LogP contribution in [0, 0.1) is 68.6 Å². The van der Waals surface area contributed by atoms with Crippen molar-refractivity contribution in [3.8, 4) is 24.3 Å². The van der Waals surface area contributed by atoms with Crippen LogP contribution in [0.2, 0.25) is 20.1 Å². The number of aliphatic hydroxyl groups is 5. The van der Waals surface area contributed by atoms with E-state index >= 15 is 13.2 Å². The van der Waals surface area contributed by atoms with E-state index < -0.39 is 106 Å². The molecule has 12 aromatic rings. The van der Waals surface area contributed by atoms with Crippen molar-refractivity contribution in [2.24, 2.45) is 0 Å². The number of carbonyl (C=O) groups is 5. The number of hydrogen-bond acceptors (Lipinski definition) is 21. The molecule has 5 N–H and O–H groups in total. The third-order valence-corrected chi connectivity index (χ3v) is 26.4. The van der Waals surface area contributed by atoms with Crippen LogP contribution < -0.4 is 0 Å². The summed E-state index contributed by atoms with van der Waals surface area (Å²) < 4.78 is 83.0. The predicted molar refractivity (Wildman–Crippen MR) is 493 cm³/mol. The number of nitriles is 4. The number of fused-ring (bicyclic) bond motifs is 4. The molecule has 4 aliphatic heterocycles. The van der Waals surface area contributed by atoms with E-state index in [1.54, 1.807) is 152 Å². The molecule has 688 valence electrons. The molecule has 136 heavy (non-hydrogen) atoms. The smallest absolute Gasteiger partial charge is 0.257 e. The van der Waals surface area contributed by atoms with Crippen LogP contribution in [-0.2, 0) is 68.9 Å². The molecule has 3 aliphatic carbocycles. The van der Waals surface area contributed by atoms with E-state index in [-0.39, 0.29) is 93.7 Å². The van der Waals surface area contributed by atoms with Crippen LogP contribution >= 0.6 is 78.3 Å². The average Bonchev–Trinajstić information content (AvgIpc) is 1.56. The molecule has 3 fully saturated rings. The van der Waals surface area contributed by atoms with Crippen molar-refractivity contribution in [3.63, 3.8) is 0 Å². The highest BCUT2D eigenvalue weighted by atomic mass is 79.9. The Morgan fingerprint density at radius 1 is 0.412 bits per heavy atom. The van der Waals surface area contributed by atoms with Gasteiger partial charge < -0.3 is 39.7 Å². The van der Waals surface area contributed by atoms with Gasteiger partial charge >= 0.3 is 0 Å². The topological polar surface area (TPSA) is 374 Å². The van der Waals surface area contributed by atoms with Gasteiger partial charge in [-0.05, 0) is 210 Å². The normalized spacial score (nSPS) is 21.9. The molecule has 0 spiro atoms. The highest BCUT2D eigenvalue weighted by Gasteiger charge is 2.61. The largest absolute Gasteiger partial charge is 0.393 e. The molecule has 8 heterocycles. The summed E-state index contributed by atoms with van der Waals surface area (Å²) in [4.78, 5) is 89.4.